The fraction of sp³-hybridized carbons (Fsp3) is 0.0417. The molecule has 36 heavy (non-hydrogen) atoms. The molecule has 1 aromatic heterocycles. The monoisotopic (exact) mass is 544 g/mol. The number of rotatable bonds is 6. The van der Waals surface area contributed by atoms with Crippen molar-refractivity contribution in [3.8, 4) is 22.6 Å². The number of methoxy groups -OCH3 is 1. The maximum absolute atomic E-state index is 13.1. The maximum atomic E-state index is 13.1. The number of nitro benzene ring substituents is 1. The van der Waals surface area contributed by atoms with Crippen LogP contribution in [-0.2, 0) is 0 Å². The van der Waals surface area contributed by atoms with Gasteiger partial charge in [-0.2, -0.15) is 4.68 Å². The van der Waals surface area contributed by atoms with E-state index in [1.54, 1.807) is 24.3 Å². The normalized spacial score (nSPS) is 10.7. The van der Waals surface area contributed by atoms with Crippen molar-refractivity contribution in [2.24, 2.45) is 0 Å². The predicted octanol–water partition coefficient (Wildman–Crippen LogP) is 6.03. The molecule has 1 N–H and O–H groups in total. The largest absolute Gasteiger partial charge is 0.497 e. The van der Waals surface area contributed by atoms with E-state index in [-0.39, 0.29) is 37.8 Å². The summed E-state index contributed by atoms with van der Waals surface area (Å²) in [4.78, 5) is 36.6. The average molecular weight is 546 g/mol. The van der Waals surface area contributed by atoms with E-state index >= 15 is 0 Å². The summed E-state index contributed by atoms with van der Waals surface area (Å²) < 4.78 is 6.12. The summed E-state index contributed by atoms with van der Waals surface area (Å²) in [6.07, 6.45) is 0. The van der Waals surface area contributed by atoms with Gasteiger partial charge in [-0.1, -0.05) is 53.0 Å². The van der Waals surface area contributed by atoms with Gasteiger partial charge >= 0.3 is 0 Å². The first kappa shape index (κ1) is 25.2. The molecule has 1 amide bonds. The Labute approximate surface area is 218 Å². The van der Waals surface area contributed by atoms with Crippen LogP contribution in [0.25, 0.3) is 16.8 Å². The van der Waals surface area contributed by atoms with Crippen LogP contribution in [0.5, 0.6) is 5.75 Å². The summed E-state index contributed by atoms with van der Waals surface area (Å²) in [5.41, 5.74) is 0.0944. The first-order valence-electron chi connectivity index (χ1n) is 10.2. The van der Waals surface area contributed by atoms with E-state index in [9.17, 15) is 19.7 Å². The molecule has 1 heterocycles. The molecule has 9 nitrogen and oxygen atoms in total. The highest BCUT2D eigenvalue weighted by Crippen LogP contribution is 2.33. The number of carbonyl (C=O) groups excluding carboxylic acids is 1. The first-order chi connectivity index (χ1) is 17.2. The lowest BCUT2D eigenvalue weighted by Gasteiger charge is -2.15. The molecule has 4 rings (SSSR count). The number of nitrogens with one attached hydrogen (secondary N) is 1. The fourth-order valence-electron chi connectivity index (χ4n) is 3.38. The maximum Gasteiger partial charge on any atom is 0.272 e. The lowest BCUT2D eigenvalue weighted by molar-refractivity contribution is -0.384. The molecule has 0 aliphatic carbocycles. The van der Waals surface area contributed by atoms with Crippen LogP contribution in [-0.4, -0.2) is 27.7 Å². The van der Waals surface area contributed by atoms with E-state index in [0.29, 0.717) is 16.9 Å². The van der Waals surface area contributed by atoms with Crippen LogP contribution in [0.3, 0.4) is 0 Å². The number of carbonyl (C=O) groups is 1. The Kier molecular flexibility index (Phi) is 7.25. The molecule has 0 aliphatic heterocycles. The van der Waals surface area contributed by atoms with Gasteiger partial charge in [-0.15, -0.1) is 5.10 Å². The predicted molar refractivity (Wildman–Crippen MR) is 138 cm³/mol. The van der Waals surface area contributed by atoms with Crippen molar-refractivity contribution in [3.63, 3.8) is 0 Å². The van der Waals surface area contributed by atoms with Gasteiger partial charge in [-0.25, -0.2) is 0 Å². The number of nitro groups is 1. The minimum absolute atomic E-state index is 0.0154. The zero-order chi connectivity index (χ0) is 26.0. The molecular weight excluding hydrogens is 531 g/mol. The second-order valence-corrected chi connectivity index (χ2v) is 8.62. The minimum atomic E-state index is -0.681. The van der Waals surface area contributed by atoms with Gasteiger partial charge < -0.3 is 10.1 Å². The Hall–Kier alpha value is -3.92. The second-order valence-electron chi connectivity index (χ2n) is 7.36. The molecule has 0 spiro atoms. The zero-order valence-electron chi connectivity index (χ0n) is 18.4. The number of aromatic nitrogens is 2. The van der Waals surface area contributed by atoms with Crippen LogP contribution in [0.15, 0.2) is 71.5 Å². The molecule has 0 aliphatic rings. The smallest absolute Gasteiger partial charge is 0.272 e. The van der Waals surface area contributed by atoms with Crippen molar-refractivity contribution in [2.45, 2.75) is 0 Å². The molecular formula is C24H15Cl3N4O5. The van der Waals surface area contributed by atoms with Crippen LogP contribution in [0, 0.1) is 10.1 Å². The topological polar surface area (TPSA) is 116 Å². The third kappa shape index (κ3) is 5.18. The van der Waals surface area contributed by atoms with Gasteiger partial charge in [0.15, 0.2) is 5.82 Å². The number of benzene rings is 3. The number of anilines is 1. The molecule has 3 aromatic carbocycles. The van der Waals surface area contributed by atoms with E-state index in [1.807, 2.05) is 0 Å². The fourth-order valence-corrected chi connectivity index (χ4v) is 4.35. The van der Waals surface area contributed by atoms with E-state index in [2.05, 4.69) is 10.4 Å². The molecule has 4 aromatic rings. The number of halogens is 3. The van der Waals surface area contributed by atoms with E-state index < -0.39 is 16.4 Å². The number of hydrogen-bond acceptors (Lipinski definition) is 6. The van der Waals surface area contributed by atoms with Crippen LogP contribution < -0.4 is 15.6 Å². The van der Waals surface area contributed by atoms with Crippen LogP contribution >= 0.6 is 34.8 Å². The quantitative estimate of drug-likeness (QED) is 0.234. The minimum Gasteiger partial charge on any atom is -0.497 e. The third-order valence-electron chi connectivity index (χ3n) is 5.08. The van der Waals surface area contributed by atoms with Gasteiger partial charge in [-0.3, -0.25) is 19.7 Å². The van der Waals surface area contributed by atoms with Gasteiger partial charge in [0.1, 0.15) is 11.4 Å². The molecule has 0 saturated carbocycles. The molecule has 0 radical (unpaired) electrons. The summed E-state index contributed by atoms with van der Waals surface area (Å²) in [5.74, 6) is -0.111. The van der Waals surface area contributed by atoms with Crippen molar-refractivity contribution in [1.29, 1.82) is 0 Å². The Balaban J connectivity index is 1.87. The van der Waals surface area contributed by atoms with Crippen LogP contribution in [0.2, 0.25) is 15.1 Å². The number of amides is 1. The molecule has 12 heteroatoms. The lowest BCUT2D eigenvalue weighted by atomic mass is 10.1. The number of hydrogen-bond donors (Lipinski definition) is 1. The molecule has 0 fully saturated rings. The number of ether oxygens (including phenoxy) is 1. The third-order valence-corrected chi connectivity index (χ3v) is 5.87. The SMILES string of the molecule is COc1ccc(-c2cc(=O)n(-c3c(Cl)cc(Cl)cc3Cl)nc2NC(=O)c2cccc([N+](=O)[O-])c2)cc1. The van der Waals surface area contributed by atoms with E-state index in [1.165, 1.54) is 43.5 Å². The Morgan fingerprint density at radius 1 is 1.03 bits per heavy atom. The number of non-ortho nitro benzene ring substituents is 1. The van der Waals surface area contributed by atoms with Gasteiger partial charge in [0.2, 0.25) is 0 Å². The highest BCUT2D eigenvalue weighted by Gasteiger charge is 2.20. The molecule has 0 atom stereocenters. The summed E-state index contributed by atoms with van der Waals surface area (Å²) in [6.45, 7) is 0. The standard InChI is InChI=1S/C24H15Cl3N4O5/c1-36-17-7-5-13(6-8-17)18-12-21(32)30(22-19(26)10-15(25)11-20(22)27)29-23(18)28-24(33)14-3-2-4-16(9-14)31(34)35/h2-12H,1H3,(H,28,29,33). The highest BCUT2D eigenvalue weighted by molar-refractivity contribution is 6.40. The van der Waals surface area contributed by atoms with Crippen LogP contribution in [0.1, 0.15) is 10.4 Å². The van der Waals surface area contributed by atoms with Gasteiger partial charge in [0.25, 0.3) is 17.2 Å². The Morgan fingerprint density at radius 3 is 2.31 bits per heavy atom. The van der Waals surface area contributed by atoms with Gasteiger partial charge in [0, 0.05) is 34.3 Å². The first-order valence-corrected chi connectivity index (χ1v) is 11.3. The summed E-state index contributed by atoms with van der Waals surface area (Å²) in [7, 11) is 1.52. The van der Waals surface area contributed by atoms with Crippen LogP contribution in [0.4, 0.5) is 11.5 Å². The summed E-state index contributed by atoms with van der Waals surface area (Å²) >= 11 is 18.6. The molecule has 182 valence electrons. The van der Waals surface area contributed by atoms with Crippen molar-refractivity contribution >= 4 is 52.2 Å². The van der Waals surface area contributed by atoms with Crippen molar-refractivity contribution in [3.05, 3.63) is 108 Å². The van der Waals surface area contributed by atoms with Crippen molar-refractivity contribution in [1.82, 2.24) is 9.78 Å². The number of nitrogens with zero attached hydrogens (tertiary/aromatic N) is 3. The second kappa shape index (κ2) is 10.4. The van der Waals surface area contributed by atoms with E-state index in [0.717, 1.165) is 10.7 Å². The summed E-state index contributed by atoms with van der Waals surface area (Å²) in [5, 5.41) is 18.5. The van der Waals surface area contributed by atoms with E-state index in [4.69, 9.17) is 39.5 Å². The molecule has 0 saturated heterocycles. The summed E-state index contributed by atoms with van der Waals surface area (Å²) in [6, 6.07) is 16.0. The van der Waals surface area contributed by atoms with Crippen molar-refractivity contribution < 1.29 is 14.5 Å². The van der Waals surface area contributed by atoms with Crippen molar-refractivity contribution in [2.75, 3.05) is 12.4 Å². The average Bonchev–Trinajstić information content (AvgIpc) is 2.85. The Bertz CT molecular complexity index is 1530. The highest BCUT2D eigenvalue weighted by atomic mass is 35.5. The lowest BCUT2D eigenvalue weighted by Crippen LogP contribution is -2.25. The molecule has 0 unspecified atom stereocenters. The molecule has 0 bridgehead atoms. The zero-order valence-corrected chi connectivity index (χ0v) is 20.6. The Morgan fingerprint density at radius 2 is 1.69 bits per heavy atom. The van der Waals surface area contributed by atoms with Gasteiger partial charge in [-0.05, 0) is 35.9 Å². The van der Waals surface area contributed by atoms with Gasteiger partial charge in [0.05, 0.1) is 22.1 Å².